The lowest BCUT2D eigenvalue weighted by molar-refractivity contribution is -0.137. The van der Waals surface area contributed by atoms with Gasteiger partial charge in [-0.25, -0.2) is 4.68 Å². The topological polar surface area (TPSA) is 64.0 Å². The predicted molar refractivity (Wildman–Crippen MR) is 105 cm³/mol. The number of unbranched alkanes of at least 4 members (excludes halogenated alkanes) is 2. The second-order valence-electron chi connectivity index (χ2n) is 6.66. The quantitative estimate of drug-likeness (QED) is 0.598. The van der Waals surface area contributed by atoms with Gasteiger partial charge in [0, 0.05) is 17.6 Å². The van der Waals surface area contributed by atoms with E-state index in [4.69, 9.17) is 0 Å². The summed E-state index contributed by atoms with van der Waals surface area (Å²) >= 11 is 0. The Kier molecular flexibility index (Phi) is 6.00. The molecule has 0 radical (unpaired) electrons. The van der Waals surface area contributed by atoms with Crippen LogP contribution in [0.2, 0.25) is 0 Å². The minimum Gasteiger partial charge on any atom is -0.321 e. The molecule has 29 heavy (non-hydrogen) atoms. The van der Waals surface area contributed by atoms with E-state index in [-0.39, 0.29) is 16.9 Å². The van der Waals surface area contributed by atoms with Crippen LogP contribution in [0.5, 0.6) is 0 Å². The number of benzene rings is 2. The lowest BCUT2D eigenvalue weighted by Gasteiger charge is -2.12. The maximum Gasteiger partial charge on any atom is 0.416 e. The van der Waals surface area contributed by atoms with Gasteiger partial charge in [0.25, 0.3) is 11.5 Å². The number of nitrogens with zero attached hydrogens (tertiary/aromatic N) is 2. The molecule has 0 fully saturated rings. The molecule has 0 aliphatic rings. The normalized spacial score (nSPS) is 11.6. The first kappa shape index (κ1) is 20.6. The first-order valence-electron chi connectivity index (χ1n) is 9.29. The second-order valence-corrected chi connectivity index (χ2v) is 6.66. The lowest BCUT2D eigenvalue weighted by atomic mass is 10.1. The average Bonchev–Trinajstić information content (AvgIpc) is 2.69. The molecular weight excluding hydrogens is 383 g/mol. The SMILES string of the molecule is CCCCCn1nc(C(=O)Nc2ccc(C(F)(F)F)cc2)c2ccccc2c1=O. The molecule has 0 spiro atoms. The number of rotatable bonds is 6. The minimum atomic E-state index is -4.45. The zero-order valence-corrected chi connectivity index (χ0v) is 15.8. The Morgan fingerprint density at radius 2 is 1.69 bits per heavy atom. The third-order valence-electron chi connectivity index (χ3n) is 4.53. The molecular formula is C21H20F3N3O2. The van der Waals surface area contributed by atoms with Crippen molar-refractivity contribution in [2.45, 2.75) is 38.9 Å². The fourth-order valence-corrected chi connectivity index (χ4v) is 3.00. The Hall–Kier alpha value is -3.16. The predicted octanol–water partition coefficient (Wildman–Crippen LogP) is 4.86. The molecule has 1 heterocycles. The fraction of sp³-hybridized carbons (Fsp3) is 0.286. The first-order chi connectivity index (χ1) is 13.8. The molecule has 0 atom stereocenters. The maximum absolute atomic E-state index is 12.8. The van der Waals surface area contributed by atoms with Crippen molar-refractivity contribution >= 4 is 22.4 Å². The van der Waals surface area contributed by atoms with Gasteiger partial charge in [-0.2, -0.15) is 18.3 Å². The van der Waals surface area contributed by atoms with Crippen molar-refractivity contribution in [2.24, 2.45) is 0 Å². The largest absolute Gasteiger partial charge is 0.416 e. The molecule has 8 heteroatoms. The van der Waals surface area contributed by atoms with Crippen LogP contribution >= 0.6 is 0 Å². The van der Waals surface area contributed by atoms with Crippen LogP contribution in [-0.2, 0) is 12.7 Å². The van der Waals surface area contributed by atoms with E-state index >= 15 is 0 Å². The van der Waals surface area contributed by atoms with Crippen molar-refractivity contribution in [2.75, 3.05) is 5.32 Å². The summed E-state index contributed by atoms with van der Waals surface area (Å²) in [6.07, 6.45) is -1.80. The van der Waals surface area contributed by atoms with Crippen molar-refractivity contribution in [1.82, 2.24) is 9.78 Å². The van der Waals surface area contributed by atoms with Gasteiger partial charge in [-0.15, -0.1) is 0 Å². The van der Waals surface area contributed by atoms with Crippen molar-refractivity contribution in [3.8, 4) is 0 Å². The van der Waals surface area contributed by atoms with E-state index in [0.717, 1.165) is 31.4 Å². The van der Waals surface area contributed by atoms with E-state index in [0.29, 0.717) is 17.3 Å². The van der Waals surface area contributed by atoms with Gasteiger partial charge in [-0.05, 0) is 36.8 Å². The highest BCUT2D eigenvalue weighted by Gasteiger charge is 2.30. The maximum atomic E-state index is 12.8. The van der Waals surface area contributed by atoms with Gasteiger partial charge >= 0.3 is 6.18 Å². The highest BCUT2D eigenvalue weighted by molar-refractivity contribution is 6.11. The van der Waals surface area contributed by atoms with Crippen LogP contribution in [0, 0.1) is 0 Å². The van der Waals surface area contributed by atoms with E-state index in [2.05, 4.69) is 10.4 Å². The molecule has 1 amide bonds. The molecule has 0 aliphatic heterocycles. The zero-order valence-electron chi connectivity index (χ0n) is 15.8. The third-order valence-corrected chi connectivity index (χ3v) is 4.53. The van der Waals surface area contributed by atoms with Crippen LogP contribution in [0.1, 0.15) is 42.2 Å². The number of carbonyl (C=O) groups excluding carboxylic acids is 1. The van der Waals surface area contributed by atoms with Gasteiger partial charge in [0.15, 0.2) is 5.69 Å². The molecule has 0 bridgehead atoms. The number of amides is 1. The van der Waals surface area contributed by atoms with E-state index in [1.165, 1.54) is 16.8 Å². The molecule has 0 saturated heterocycles. The summed E-state index contributed by atoms with van der Waals surface area (Å²) in [6.45, 7) is 2.43. The standard InChI is InChI=1S/C21H20F3N3O2/c1-2-3-6-13-27-20(29)17-8-5-4-7-16(17)18(26-27)19(28)25-15-11-9-14(10-12-15)21(22,23)24/h4-5,7-12H,2-3,6,13H2,1H3,(H,25,28). The molecule has 3 aromatic rings. The van der Waals surface area contributed by atoms with E-state index < -0.39 is 17.6 Å². The van der Waals surface area contributed by atoms with Crippen molar-refractivity contribution < 1.29 is 18.0 Å². The summed E-state index contributed by atoms with van der Waals surface area (Å²) < 4.78 is 39.4. The molecule has 0 saturated carbocycles. The Balaban J connectivity index is 1.94. The van der Waals surface area contributed by atoms with Crippen LogP contribution < -0.4 is 10.9 Å². The van der Waals surface area contributed by atoms with Crippen LogP contribution in [0.15, 0.2) is 53.3 Å². The summed E-state index contributed by atoms with van der Waals surface area (Å²) in [7, 11) is 0. The minimum absolute atomic E-state index is 0.0524. The number of alkyl halides is 3. The Morgan fingerprint density at radius 1 is 1.03 bits per heavy atom. The molecule has 1 N–H and O–H groups in total. The van der Waals surface area contributed by atoms with E-state index in [1.54, 1.807) is 24.3 Å². The summed E-state index contributed by atoms with van der Waals surface area (Å²) in [5.74, 6) is -0.592. The van der Waals surface area contributed by atoms with Crippen LogP contribution in [0.25, 0.3) is 10.8 Å². The van der Waals surface area contributed by atoms with E-state index in [1.807, 2.05) is 6.92 Å². The highest BCUT2D eigenvalue weighted by Crippen LogP contribution is 2.30. The summed E-state index contributed by atoms with van der Waals surface area (Å²) in [6, 6.07) is 10.8. The number of hydrogen-bond donors (Lipinski definition) is 1. The smallest absolute Gasteiger partial charge is 0.321 e. The lowest BCUT2D eigenvalue weighted by Crippen LogP contribution is -2.27. The molecule has 3 rings (SSSR count). The highest BCUT2D eigenvalue weighted by atomic mass is 19.4. The van der Waals surface area contributed by atoms with Gasteiger partial charge in [-0.1, -0.05) is 38.0 Å². The Morgan fingerprint density at radius 3 is 2.31 bits per heavy atom. The molecule has 2 aromatic carbocycles. The number of hydrogen-bond acceptors (Lipinski definition) is 3. The number of aryl methyl sites for hydroxylation is 1. The fourth-order valence-electron chi connectivity index (χ4n) is 3.00. The molecule has 1 aromatic heterocycles. The Labute approximate surface area is 165 Å². The zero-order chi connectivity index (χ0) is 21.0. The first-order valence-corrected chi connectivity index (χ1v) is 9.29. The van der Waals surface area contributed by atoms with Gasteiger partial charge in [0.05, 0.1) is 10.9 Å². The molecule has 0 unspecified atom stereocenters. The second kappa shape index (κ2) is 8.46. The number of nitrogens with one attached hydrogen (secondary N) is 1. The third kappa shape index (κ3) is 4.64. The summed E-state index contributed by atoms with van der Waals surface area (Å²) in [5, 5.41) is 7.56. The van der Waals surface area contributed by atoms with Gasteiger partial charge in [-0.3, -0.25) is 9.59 Å². The van der Waals surface area contributed by atoms with Crippen molar-refractivity contribution in [3.63, 3.8) is 0 Å². The van der Waals surface area contributed by atoms with E-state index in [9.17, 15) is 22.8 Å². The van der Waals surface area contributed by atoms with Crippen LogP contribution in [0.4, 0.5) is 18.9 Å². The summed E-state index contributed by atoms with van der Waals surface area (Å²) in [4.78, 5) is 25.4. The Bertz CT molecular complexity index is 1070. The molecule has 0 aliphatic carbocycles. The van der Waals surface area contributed by atoms with Crippen LogP contribution in [0.3, 0.4) is 0 Å². The van der Waals surface area contributed by atoms with Crippen LogP contribution in [-0.4, -0.2) is 15.7 Å². The monoisotopic (exact) mass is 403 g/mol. The number of aromatic nitrogens is 2. The summed E-state index contributed by atoms with van der Waals surface area (Å²) in [5.41, 5.74) is -0.819. The molecule has 5 nitrogen and oxygen atoms in total. The number of fused-ring (bicyclic) bond motifs is 1. The number of anilines is 1. The van der Waals surface area contributed by atoms with Gasteiger partial charge < -0.3 is 5.32 Å². The van der Waals surface area contributed by atoms with Crippen molar-refractivity contribution in [3.05, 3.63) is 70.1 Å². The van der Waals surface area contributed by atoms with Gasteiger partial charge in [0.1, 0.15) is 0 Å². The average molecular weight is 403 g/mol. The number of carbonyl (C=O) groups is 1. The molecule has 152 valence electrons. The number of halogens is 3. The van der Waals surface area contributed by atoms with Crippen molar-refractivity contribution in [1.29, 1.82) is 0 Å². The van der Waals surface area contributed by atoms with Gasteiger partial charge in [0.2, 0.25) is 0 Å².